The molecule has 23 nitrogen and oxygen atoms in total. The Morgan fingerprint density at radius 1 is 0.557 bits per heavy atom. The molecule has 15 N–H and O–H groups in total. The lowest BCUT2D eigenvalue weighted by atomic mass is 9.99. The number of nitrogens with one attached hydrogen (secondary N) is 9. The number of para-hydroxylation sites is 1. The second-order valence-electron chi connectivity index (χ2n) is 21.0. The molecular weight excluding hydrogens is 1040 g/mol. The normalized spacial score (nSPS) is 14.4. The van der Waals surface area contributed by atoms with Crippen molar-refractivity contribution in [2.24, 2.45) is 29.2 Å². The summed E-state index contributed by atoms with van der Waals surface area (Å²) >= 11 is 1.44. The second-order valence-corrected chi connectivity index (χ2v) is 21.9. The highest BCUT2D eigenvalue weighted by molar-refractivity contribution is 7.98. The summed E-state index contributed by atoms with van der Waals surface area (Å²) in [6.07, 6.45) is 3.81. The van der Waals surface area contributed by atoms with Crippen LogP contribution in [0.1, 0.15) is 104 Å². The Kier molecular flexibility index (Phi) is 28.6. The van der Waals surface area contributed by atoms with Gasteiger partial charge in [0.15, 0.2) is 0 Å². The molecule has 0 aliphatic carbocycles. The number of H-pyrrole nitrogens is 1. The molecule has 3 aromatic rings. The van der Waals surface area contributed by atoms with E-state index in [-0.39, 0.29) is 69.2 Å². The molecule has 436 valence electrons. The number of carbonyl (C=O) groups excluding carboxylic acids is 8. The van der Waals surface area contributed by atoms with Gasteiger partial charge in [0, 0.05) is 23.5 Å². The molecule has 0 saturated heterocycles. The summed E-state index contributed by atoms with van der Waals surface area (Å²) in [5, 5.41) is 41.0. The highest BCUT2D eigenvalue weighted by Gasteiger charge is 2.35. The van der Waals surface area contributed by atoms with Gasteiger partial charge in [-0.15, -0.1) is 0 Å². The number of rotatable bonds is 36. The first-order valence-electron chi connectivity index (χ1n) is 26.8. The number of aliphatic carboxylic acids is 2. The first kappa shape index (κ1) is 66.2. The Morgan fingerprint density at radius 2 is 1.05 bits per heavy atom. The minimum atomic E-state index is -1.80. The van der Waals surface area contributed by atoms with Gasteiger partial charge in [0.2, 0.25) is 47.3 Å². The lowest BCUT2D eigenvalue weighted by molar-refractivity contribution is -0.142. The standard InChI is InChI=1S/C55H83N11O12S/c1-31(2)23-41(49(71)59-30-46(67)60-45(55(77)78)25-33(5)6)63-50(72)39(19-13-14-21-56)62-54(76)44(28-47(68)69)66-52(74)42(24-32(3)4)64-53(75)43(27-35-29-58-38-18-12-11-17-36(35)38)65-51(73)40(20-22-79-7)61-48(70)37(57)26-34-15-9-8-10-16-34/h8-12,15-18,29,31-33,37,39-45,58H,13-14,19-28,30,56-57H2,1-7H3,(H,59,71)(H,60,67)(H,61,70)(H,62,76)(H,63,72)(H,64,75)(H,65,73)(H,66,74)(H,68,69)(H,77,78)/t37-,39-,40-,41-,42-,43-,44-,45-/m0/s1. The predicted molar refractivity (Wildman–Crippen MR) is 301 cm³/mol. The molecule has 8 atom stereocenters. The molecule has 3 rings (SSSR count). The van der Waals surface area contributed by atoms with Gasteiger partial charge in [0.1, 0.15) is 42.3 Å². The fraction of sp³-hybridized carbons (Fsp3) is 0.564. The molecule has 1 aromatic heterocycles. The van der Waals surface area contributed by atoms with Crippen molar-refractivity contribution in [1.82, 2.24) is 47.5 Å². The number of unbranched alkanes of at least 4 members (excludes halogenated alkanes) is 1. The Morgan fingerprint density at radius 3 is 1.63 bits per heavy atom. The number of aromatic amines is 1. The Balaban J connectivity index is 1.89. The van der Waals surface area contributed by atoms with Crippen LogP contribution in [0.4, 0.5) is 0 Å². The van der Waals surface area contributed by atoms with Crippen LogP contribution >= 0.6 is 11.8 Å². The van der Waals surface area contributed by atoms with Gasteiger partial charge in [-0.2, -0.15) is 11.8 Å². The van der Waals surface area contributed by atoms with E-state index >= 15 is 0 Å². The van der Waals surface area contributed by atoms with Gasteiger partial charge in [-0.3, -0.25) is 43.2 Å². The average molecular weight is 1120 g/mol. The van der Waals surface area contributed by atoms with Crippen LogP contribution in [0.15, 0.2) is 60.8 Å². The molecule has 79 heavy (non-hydrogen) atoms. The van der Waals surface area contributed by atoms with E-state index in [9.17, 15) is 58.2 Å². The van der Waals surface area contributed by atoms with Gasteiger partial charge in [-0.05, 0) is 105 Å². The maximum Gasteiger partial charge on any atom is 0.326 e. The topological polar surface area (TPSA) is 375 Å². The molecule has 0 spiro atoms. The fourth-order valence-corrected chi connectivity index (χ4v) is 9.09. The van der Waals surface area contributed by atoms with E-state index in [1.54, 1.807) is 47.7 Å². The van der Waals surface area contributed by atoms with Crippen LogP contribution in [-0.2, 0) is 60.8 Å². The summed E-state index contributed by atoms with van der Waals surface area (Å²) < 4.78 is 0. The summed E-state index contributed by atoms with van der Waals surface area (Å²) in [6.45, 7) is 10.3. The molecule has 0 bridgehead atoms. The monoisotopic (exact) mass is 1120 g/mol. The van der Waals surface area contributed by atoms with E-state index < -0.39 is 120 Å². The number of amides is 8. The summed E-state index contributed by atoms with van der Waals surface area (Å²) in [6, 6.07) is 6.00. The minimum absolute atomic E-state index is 0.0123. The molecule has 24 heteroatoms. The molecule has 0 aliphatic heterocycles. The van der Waals surface area contributed by atoms with E-state index in [4.69, 9.17) is 11.5 Å². The SMILES string of the molecule is CSCC[C@H](NC(=O)[C@@H](N)Cc1ccccc1)C(=O)N[C@@H](Cc1c[nH]c2ccccc12)C(=O)N[C@@H](CC(C)C)C(=O)N[C@@H](CC(=O)O)C(=O)N[C@@H](CCCCN)C(=O)N[C@@H](CC(C)C)C(=O)NCC(=O)N[C@@H](CC(C)C)C(=O)O. The van der Waals surface area contributed by atoms with Crippen LogP contribution in [-0.4, -0.2) is 148 Å². The molecule has 0 unspecified atom stereocenters. The van der Waals surface area contributed by atoms with E-state index in [2.05, 4.69) is 47.5 Å². The summed E-state index contributed by atoms with van der Waals surface area (Å²) in [5.74, 6) is -9.20. The number of carbonyl (C=O) groups is 10. The predicted octanol–water partition coefficient (Wildman–Crippen LogP) is 1.37. The van der Waals surface area contributed by atoms with Gasteiger partial charge in [0.05, 0.1) is 19.0 Å². The number of hydrogen-bond donors (Lipinski definition) is 13. The van der Waals surface area contributed by atoms with Crippen LogP contribution in [0, 0.1) is 17.8 Å². The van der Waals surface area contributed by atoms with Gasteiger partial charge in [-0.1, -0.05) is 90.1 Å². The highest BCUT2D eigenvalue weighted by Crippen LogP contribution is 2.20. The average Bonchev–Trinajstić information content (AvgIpc) is 3.79. The van der Waals surface area contributed by atoms with E-state index in [0.717, 1.165) is 16.5 Å². The fourth-order valence-electron chi connectivity index (χ4n) is 8.62. The van der Waals surface area contributed by atoms with E-state index in [1.807, 2.05) is 60.9 Å². The molecule has 0 aliphatic rings. The number of hydrogen-bond acceptors (Lipinski definition) is 13. The number of fused-ring (bicyclic) bond motifs is 1. The maximum atomic E-state index is 14.6. The third-order valence-electron chi connectivity index (χ3n) is 12.6. The molecule has 0 saturated carbocycles. The maximum absolute atomic E-state index is 14.6. The molecular formula is C55H83N11O12S. The van der Waals surface area contributed by atoms with Crippen molar-refractivity contribution in [2.45, 2.75) is 154 Å². The van der Waals surface area contributed by atoms with Gasteiger partial charge < -0.3 is 69.2 Å². The van der Waals surface area contributed by atoms with Crippen molar-refractivity contribution in [3.8, 4) is 0 Å². The second kappa shape index (κ2) is 34.1. The van der Waals surface area contributed by atoms with Gasteiger partial charge >= 0.3 is 11.9 Å². The number of benzene rings is 2. The van der Waals surface area contributed by atoms with Crippen molar-refractivity contribution in [3.05, 3.63) is 71.9 Å². The zero-order valence-electron chi connectivity index (χ0n) is 46.4. The first-order chi connectivity index (χ1) is 37.4. The smallest absolute Gasteiger partial charge is 0.326 e. The van der Waals surface area contributed by atoms with Crippen molar-refractivity contribution in [2.75, 3.05) is 25.1 Å². The number of thioether (sulfide) groups is 1. The van der Waals surface area contributed by atoms with Crippen LogP contribution in [0.5, 0.6) is 0 Å². The van der Waals surface area contributed by atoms with Crippen LogP contribution in [0.3, 0.4) is 0 Å². The number of nitrogens with two attached hydrogens (primary N) is 2. The van der Waals surface area contributed by atoms with Crippen molar-refractivity contribution >= 4 is 81.9 Å². The molecule has 2 aromatic carbocycles. The van der Waals surface area contributed by atoms with Crippen LogP contribution in [0.25, 0.3) is 10.9 Å². The number of carboxylic acid groups (broad SMARTS) is 2. The number of aromatic nitrogens is 1. The van der Waals surface area contributed by atoms with Gasteiger partial charge in [-0.25, -0.2) is 4.79 Å². The Bertz CT molecular complexity index is 2510. The Hall–Kier alpha value is -7.05. The lowest BCUT2D eigenvalue weighted by Gasteiger charge is -2.28. The third kappa shape index (κ3) is 23.8. The Labute approximate surface area is 466 Å². The summed E-state index contributed by atoms with van der Waals surface area (Å²) in [4.78, 5) is 138. The minimum Gasteiger partial charge on any atom is -0.481 e. The largest absolute Gasteiger partial charge is 0.481 e. The molecule has 0 radical (unpaired) electrons. The quantitative estimate of drug-likeness (QED) is 0.0366. The zero-order valence-corrected chi connectivity index (χ0v) is 47.2. The number of carboxylic acids is 2. The van der Waals surface area contributed by atoms with Crippen molar-refractivity contribution in [3.63, 3.8) is 0 Å². The van der Waals surface area contributed by atoms with Crippen molar-refractivity contribution < 1.29 is 58.2 Å². The van der Waals surface area contributed by atoms with Crippen LogP contribution < -0.4 is 54.0 Å². The molecule has 8 amide bonds. The zero-order chi connectivity index (χ0) is 58.8. The van der Waals surface area contributed by atoms with E-state index in [0.29, 0.717) is 24.2 Å². The molecule has 1 heterocycles. The third-order valence-corrected chi connectivity index (χ3v) is 13.3. The highest BCUT2D eigenvalue weighted by atomic mass is 32.2. The first-order valence-corrected chi connectivity index (χ1v) is 28.2. The molecule has 0 fully saturated rings. The van der Waals surface area contributed by atoms with Gasteiger partial charge in [0.25, 0.3) is 0 Å². The van der Waals surface area contributed by atoms with E-state index in [1.165, 1.54) is 11.8 Å². The van der Waals surface area contributed by atoms with Crippen molar-refractivity contribution in [1.29, 1.82) is 0 Å². The summed E-state index contributed by atoms with van der Waals surface area (Å²) in [5.41, 5.74) is 14.3. The lowest BCUT2D eigenvalue weighted by Crippen LogP contribution is -2.60. The summed E-state index contributed by atoms with van der Waals surface area (Å²) in [7, 11) is 0. The van der Waals surface area contributed by atoms with Crippen LogP contribution in [0.2, 0.25) is 0 Å².